The lowest BCUT2D eigenvalue weighted by Crippen LogP contribution is -2.09. The van der Waals surface area contributed by atoms with Crippen LogP contribution in [0, 0.1) is 6.92 Å². The van der Waals surface area contributed by atoms with E-state index in [2.05, 4.69) is 4.98 Å². The van der Waals surface area contributed by atoms with Gasteiger partial charge < -0.3 is 10.1 Å². The number of H-pyrrole nitrogens is 1. The maximum absolute atomic E-state index is 11.8. The normalized spacial score (nSPS) is 11.2. The highest BCUT2D eigenvalue weighted by atomic mass is 35.5. The molecule has 2 rings (SSSR count). The molecule has 5 heteroatoms. The Morgan fingerprint density at radius 1 is 1.44 bits per heavy atom. The number of aromatic nitrogens is 1. The number of carboxylic acid groups (broad SMARTS) is 1. The summed E-state index contributed by atoms with van der Waals surface area (Å²) < 4.78 is 0. The number of fused-ring (bicyclic) bond motifs is 1. The molecule has 4 nitrogen and oxygen atoms in total. The Kier molecular flexibility index (Phi) is 3.21. The van der Waals surface area contributed by atoms with E-state index in [1.54, 1.807) is 18.2 Å². The molecule has 1 aromatic heterocycles. The van der Waals surface area contributed by atoms with Gasteiger partial charge in [0.25, 0.3) is 5.56 Å². The van der Waals surface area contributed by atoms with Crippen LogP contribution in [0.25, 0.3) is 17.0 Å². The first-order chi connectivity index (χ1) is 8.49. The van der Waals surface area contributed by atoms with Gasteiger partial charge in [-0.1, -0.05) is 17.7 Å². The molecule has 0 fully saturated rings. The second-order valence-corrected chi connectivity index (χ2v) is 4.27. The summed E-state index contributed by atoms with van der Waals surface area (Å²) in [4.78, 5) is 24.9. The van der Waals surface area contributed by atoms with Crippen molar-refractivity contribution < 1.29 is 9.90 Å². The molecule has 0 unspecified atom stereocenters. The lowest BCUT2D eigenvalue weighted by atomic mass is 10.1. The molecule has 2 N–H and O–H groups in total. The van der Waals surface area contributed by atoms with E-state index in [-0.39, 0.29) is 5.56 Å². The van der Waals surface area contributed by atoms with Crippen LogP contribution in [0.4, 0.5) is 0 Å². The van der Waals surface area contributed by atoms with Crippen LogP contribution in [0.3, 0.4) is 0 Å². The third-order valence-electron chi connectivity index (χ3n) is 2.65. The first kappa shape index (κ1) is 12.4. The topological polar surface area (TPSA) is 70.2 Å². The maximum Gasteiger partial charge on any atom is 0.328 e. The van der Waals surface area contributed by atoms with E-state index in [4.69, 9.17) is 16.7 Å². The second kappa shape index (κ2) is 4.66. The van der Waals surface area contributed by atoms with Gasteiger partial charge in [0.2, 0.25) is 0 Å². The highest BCUT2D eigenvalue weighted by Gasteiger charge is 2.05. The van der Waals surface area contributed by atoms with E-state index < -0.39 is 5.97 Å². The number of carbonyl (C=O) groups is 1. The smallest absolute Gasteiger partial charge is 0.328 e. The zero-order valence-electron chi connectivity index (χ0n) is 9.53. The van der Waals surface area contributed by atoms with E-state index in [9.17, 15) is 9.59 Å². The molecule has 0 aliphatic carbocycles. The van der Waals surface area contributed by atoms with Crippen molar-refractivity contribution in [3.8, 4) is 0 Å². The molecule has 0 saturated carbocycles. The minimum Gasteiger partial charge on any atom is -0.478 e. The molecule has 0 atom stereocenters. The average Bonchev–Trinajstić information content (AvgIpc) is 2.32. The lowest BCUT2D eigenvalue weighted by Gasteiger charge is -2.04. The van der Waals surface area contributed by atoms with E-state index in [0.29, 0.717) is 16.1 Å². The van der Waals surface area contributed by atoms with Gasteiger partial charge in [-0.2, -0.15) is 0 Å². The van der Waals surface area contributed by atoms with Crippen molar-refractivity contribution in [1.82, 2.24) is 4.98 Å². The third kappa shape index (κ3) is 2.28. The zero-order valence-corrected chi connectivity index (χ0v) is 10.3. The largest absolute Gasteiger partial charge is 0.478 e. The van der Waals surface area contributed by atoms with Crippen LogP contribution in [-0.2, 0) is 4.79 Å². The molecule has 0 aliphatic rings. The molecule has 0 saturated heterocycles. The van der Waals surface area contributed by atoms with Crippen molar-refractivity contribution in [2.45, 2.75) is 6.92 Å². The molecule has 92 valence electrons. The quantitative estimate of drug-likeness (QED) is 0.818. The molecule has 18 heavy (non-hydrogen) atoms. The molecule has 1 aromatic carbocycles. The number of halogens is 1. The van der Waals surface area contributed by atoms with Crippen LogP contribution in [0.2, 0.25) is 5.02 Å². The number of pyridine rings is 1. The number of carboxylic acids is 1. The van der Waals surface area contributed by atoms with Crippen molar-refractivity contribution in [2.24, 2.45) is 0 Å². The summed E-state index contributed by atoms with van der Waals surface area (Å²) in [6.45, 7) is 1.81. The van der Waals surface area contributed by atoms with E-state index in [1.165, 1.54) is 6.08 Å². The molecule has 0 radical (unpaired) electrons. The second-order valence-electron chi connectivity index (χ2n) is 3.86. The first-order valence-corrected chi connectivity index (χ1v) is 5.60. The predicted molar refractivity (Wildman–Crippen MR) is 71.0 cm³/mol. The summed E-state index contributed by atoms with van der Waals surface area (Å²) in [5.74, 6) is -1.10. The van der Waals surface area contributed by atoms with Crippen LogP contribution in [0.15, 0.2) is 29.1 Å². The van der Waals surface area contributed by atoms with Gasteiger partial charge in [-0.25, -0.2) is 4.79 Å². The summed E-state index contributed by atoms with van der Waals surface area (Å²) in [5.41, 5.74) is 1.41. The van der Waals surface area contributed by atoms with Crippen molar-refractivity contribution in [2.75, 3.05) is 0 Å². The standard InChI is InChI=1S/C13H10ClNO3/c1-7-10(14)4-2-8-6-9(3-5-11(16)17)13(18)15-12(7)8/h2-6H,1H3,(H,15,18)(H,16,17)/b5-3+. The number of benzene rings is 1. The van der Waals surface area contributed by atoms with Crippen molar-refractivity contribution in [3.05, 3.63) is 50.8 Å². The van der Waals surface area contributed by atoms with Gasteiger partial charge in [0.15, 0.2) is 0 Å². The lowest BCUT2D eigenvalue weighted by molar-refractivity contribution is -0.131. The number of aromatic amines is 1. The van der Waals surface area contributed by atoms with Crippen molar-refractivity contribution >= 4 is 34.5 Å². The molecule has 0 bridgehead atoms. The Morgan fingerprint density at radius 2 is 2.17 bits per heavy atom. The Bertz CT molecular complexity index is 716. The number of aryl methyl sites for hydroxylation is 1. The number of hydrogen-bond donors (Lipinski definition) is 2. The molecule has 0 amide bonds. The number of rotatable bonds is 2. The van der Waals surface area contributed by atoms with E-state index in [0.717, 1.165) is 17.0 Å². The van der Waals surface area contributed by atoms with Gasteiger partial charge >= 0.3 is 5.97 Å². The van der Waals surface area contributed by atoms with Gasteiger partial charge in [0.1, 0.15) is 0 Å². The molecule has 2 aromatic rings. The van der Waals surface area contributed by atoms with Gasteiger partial charge in [0, 0.05) is 16.7 Å². The number of hydrogen-bond acceptors (Lipinski definition) is 2. The minimum absolute atomic E-state index is 0.298. The Labute approximate surface area is 108 Å². The number of nitrogens with one attached hydrogen (secondary N) is 1. The minimum atomic E-state index is -1.10. The third-order valence-corrected chi connectivity index (χ3v) is 3.06. The first-order valence-electron chi connectivity index (χ1n) is 5.22. The van der Waals surface area contributed by atoms with Gasteiger partial charge in [-0.05, 0) is 36.1 Å². The van der Waals surface area contributed by atoms with Gasteiger partial charge in [-0.3, -0.25) is 4.79 Å². The van der Waals surface area contributed by atoms with Gasteiger partial charge in [0.05, 0.1) is 5.52 Å². The fraction of sp³-hybridized carbons (Fsp3) is 0.0769. The molecule has 1 heterocycles. The van der Waals surface area contributed by atoms with Crippen LogP contribution < -0.4 is 5.56 Å². The number of aliphatic carboxylic acids is 1. The molecular formula is C13H10ClNO3. The van der Waals surface area contributed by atoms with Crippen LogP contribution >= 0.6 is 11.6 Å². The van der Waals surface area contributed by atoms with Crippen LogP contribution in [-0.4, -0.2) is 16.1 Å². The monoisotopic (exact) mass is 263 g/mol. The summed E-state index contributed by atoms with van der Waals surface area (Å²) in [5, 5.41) is 9.93. The predicted octanol–water partition coefficient (Wildman–Crippen LogP) is 2.59. The molecule has 0 spiro atoms. The SMILES string of the molecule is Cc1c(Cl)ccc2cc(/C=C/C(=O)O)c(=O)[nH]c12. The highest BCUT2D eigenvalue weighted by molar-refractivity contribution is 6.32. The van der Waals surface area contributed by atoms with Crippen LogP contribution in [0.1, 0.15) is 11.1 Å². The Hall–Kier alpha value is -2.07. The van der Waals surface area contributed by atoms with Crippen LogP contribution in [0.5, 0.6) is 0 Å². The summed E-state index contributed by atoms with van der Waals surface area (Å²) in [6, 6.07) is 5.15. The van der Waals surface area contributed by atoms with E-state index >= 15 is 0 Å². The van der Waals surface area contributed by atoms with Gasteiger partial charge in [-0.15, -0.1) is 0 Å². The summed E-state index contributed by atoms with van der Waals surface area (Å²) >= 11 is 5.97. The fourth-order valence-corrected chi connectivity index (χ4v) is 1.85. The Balaban J connectivity index is 2.67. The van der Waals surface area contributed by atoms with Crippen molar-refractivity contribution in [1.29, 1.82) is 0 Å². The summed E-state index contributed by atoms with van der Waals surface area (Å²) in [6.07, 6.45) is 2.20. The summed E-state index contributed by atoms with van der Waals surface area (Å²) in [7, 11) is 0. The van der Waals surface area contributed by atoms with Crippen molar-refractivity contribution in [3.63, 3.8) is 0 Å². The highest BCUT2D eigenvalue weighted by Crippen LogP contribution is 2.23. The average molecular weight is 264 g/mol. The fourth-order valence-electron chi connectivity index (χ4n) is 1.70. The zero-order chi connectivity index (χ0) is 13.3. The van der Waals surface area contributed by atoms with E-state index in [1.807, 2.05) is 6.92 Å². The maximum atomic E-state index is 11.8. The Morgan fingerprint density at radius 3 is 2.83 bits per heavy atom. The molecular weight excluding hydrogens is 254 g/mol. The molecule has 0 aliphatic heterocycles.